The van der Waals surface area contributed by atoms with Gasteiger partial charge in [-0.15, -0.1) is 0 Å². The van der Waals surface area contributed by atoms with Gasteiger partial charge in [0, 0.05) is 17.5 Å². The highest BCUT2D eigenvalue weighted by Gasteiger charge is 2.30. The Labute approximate surface area is 174 Å². The average molecular weight is 403 g/mol. The summed E-state index contributed by atoms with van der Waals surface area (Å²) in [5, 5.41) is 0.977. The van der Waals surface area contributed by atoms with Crippen molar-refractivity contribution in [2.24, 2.45) is 0 Å². The SMILES string of the molecule is CC1(C)Cc2nc(-c3ccccc3)nc(SCc3nc4ccccc4[nH]3)c2CO1. The molecule has 0 radical (unpaired) electrons. The molecule has 0 unspecified atom stereocenters. The Bertz CT molecular complexity index is 1140. The van der Waals surface area contributed by atoms with Gasteiger partial charge < -0.3 is 9.72 Å². The maximum atomic E-state index is 6.06. The molecule has 1 aliphatic heterocycles. The largest absolute Gasteiger partial charge is 0.370 e. The van der Waals surface area contributed by atoms with Gasteiger partial charge in [0.25, 0.3) is 0 Å². The number of thioether (sulfide) groups is 1. The first kappa shape index (κ1) is 18.3. The number of aromatic nitrogens is 4. The second-order valence-electron chi connectivity index (χ2n) is 7.86. The van der Waals surface area contributed by atoms with Gasteiger partial charge in [-0.25, -0.2) is 15.0 Å². The fourth-order valence-electron chi connectivity index (χ4n) is 3.57. The smallest absolute Gasteiger partial charge is 0.160 e. The minimum atomic E-state index is -0.212. The second kappa shape index (κ2) is 7.28. The molecule has 0 saturated carbocycles. The summed E-state index contributed by atoms with van der Waals surface area (Å²) in [4.78, 5) is 17.9. The molecule has 1 aliphatic rings. The van der Waals surface area contributed by atoms with Crippen LogP contribution in [0.5, 0.6) is 0 Å². The molecule has 0 atom stereocenters. The number of hydrogen-bond acceptors (Lipinski definition) is 5. The van der Waals surface area contributed by atoms with Gasteiger partial charge in [-0.3, -0.25) is 0 Å². The summed E-state index contributed by atoms with van der Waals surface area (Å²) in [6, 6.07) is 18.3. The Kier molecular flexibility index (Phi) is 4.60. The van der Waals surface area contributed by atoms with E-state index in [-0.39, 0.29) is 5.60 Å². The Morgan fingerprint density at radius 2 is 1.79 bits per heavy atom. The fourth-order valence-corrected chi connectivity index (χ4v) is 4.48. The van der Waals surface area contributed by atoms with Crippen molar-refractivity contribution < 1.29 is 4.74 Å². The fraction of sp³-hybridized carbons (Fsp3) is 0.261. The maximum Gasteiger partial charge on any atom is 0.160 e. The summed E-state index contributed by atoms with van der Waals surface area (Å²) in [5.74, 6) is 2.44. The summed E-state index contributed by atoms with van der Waals surface area (Å²) < 4.78 is 6.06. The number of fused-ring (bicyclic) bond motifs is 2. The molecule has 2 aromatic heterocycles. The van der Waals surface area contributed by atoms with Crippen LogP contribution in [0.2, 0.25) is 0 Å². The molecular weight excluding hydrogens is 380 g/mol. The van der Waals surface area contributed by atoms with E-state index in [1.54, 1.807) is 11.8 Å². The Hall–Kier alpha value is -2.70. The molecule has 0 spiro atoms. The van der Waals surface area contributed by atoms with Gasteiger partial charge >= 0.3 is 0 Å². The molecule has 0 saturated heterocycles. The predicted octanol–water partition coefficient (Wildman–Crippen LogP) is 5.16. The van der Waals surface area contributed by atoms with Crippen LogP contribution in [0.4, 0.5) is 0 Å². The van der Waals surface area contributed by atoms with Gasteiger partial charge in [0.05, 0.1) is 34.7 Å². The highest BCUT2D eigenvalue weighted by Crippen LogP contribution is 2.35. The normalized spacial score (nSPS) is 15.4. The zero-order chi connectivity index (χ0) is 19.8. The van der Waals surface area contributed by atoms with Crippen LogP contribution in [0.25, 0.3) is 22.4 Å². The molecule has 0 aliphatic carbocycles. The van der Waals surface area contributed by atoms with E-state index in [0.717, 1.165) is 56.7 Å². The number of ether oxygens (including phenoxy) is 1. The number of nitrogens with one attached hydrogen (secondary N) is 1. The number of aromatic amines is 1. The molecule has 29 heavy (non-hydrogen) atoms. The number of imidazole rings is 1. The topological polar surface area (TPSA) is 63.7 Å². The third-order valence-electron chi connectivity index (χ3n) is 5.07. The zero-order valence-electron chi connectivity index (χ0n) is 16.5. The van der Waals surface area contributed by atoms with E-state index in [4.69, 9.17) is 19.7 Å². The molecule has 146 valence electrons. The van der Waals surface area contributed by atoms with Gasteiger partial charge in [0.1, 0.15) is 10.9 Å². The molecule has 0 bridgehead atoms. The van der Waals surface area contributed by atoms with E-state index in [0.29, 0.717) is 6.61 Å². The third kappa shape index (κ3) is 3.78. The highest BCUT2D eigenvalue weighted by atomic mass is 32.2. The van der Waals surface area contributed by atoms with Gasteiger partial charge in [-0.05, 0) is 26.0 Å². The molecule has 5 rings (SSSR count). The summed E-state index contributed by atoms with van der Waals surface area (Å²) >= 11 is 1.69. The van der Waals surface area contributed by atoms with Crippen molar-refractivity contribution in [3.8, 4) is 11.4 Å². The molecule has 3 heterocycles. The van der Waals surface area contributed by atoms with Crippen molar-refractivity contribution in [3.05, 3.63) is 71.7 Å². The van der Waals surface area contributed by atoms with Crippen molar-refractivity contribution in [3.63, 3.8) is 0 Å². The van der Waals surface area contributed by atoms with Crippen molar-refractivity contribution in [1.29, 1.82) is 0 Å². The van der Waals surface area contributed by atoms with E-state index in [1.807, 2.05) is 42.5 Å². The quantitative estimate of drug-likeness (QED) is 0.377. The lowest BCUT2D eigenvalue weighted by atomic mass is 9.96. The van der Waals surface area contributed by atoms with Crippen molar-refractivity contribution in [1.82, 2.24) is 19.9 Å². The molecule has 6 heteroatoms. The van der Waals surface area contributed by atoms with Crippen LogP contribution in [0.3, 0.4) is 0 Å². The lowest BCUT2D eigenvalue weighted by molar-refractivity contribution is -0.0428. The highest BCUT2D eigenvalue weighted by molar-refractivity contribution is 7.98. The zero-order valence-corrected chi connectivity index (χ0v) is 17.3. The molecular formula is C23H22N4OS. The van der Waals surface area contributed by atoms with Crippen molar-refractivity contribution in [2.75, 3.05) is 0 Å². The number of H-pyrrole nitrogens is 1. The minimum Gasteiger partial charge on any atom is -0.370 e. The summed E-state index contributed by atoms with van der Waals surface area (Å²) in [7, 11) is 0. The molecule has 2 aromatic carbocycles. The maximum absolute atomic E-state index is 6.06. The second-order valence-corrected chi connectivity index (χ2v) is 8.82. The summed E-state index contributed by atoms with van der Waals surface area (Å²) in [6.07, 6.45) is 0.781. The van der Waals surface area contributed by atoms with E-state index in [1.165, 1.54) is 0 Å². The van der Waals surface area contributed by atoms with Gasteiger partial charge in [-0.1, -0.05) is 54.2 Å². The van der Waals surface area contributed by atoms with E-state index < -0.39 is 0 Å². The van der Waals surface area contributed by atoms with Gasteiger partial charge in [0.15, 0.2) is 5.82 Å². The Balaban J connectivity index is 1.50. The van der Waals surface area contributed by atoms with Gasteiger partial charge in [-0.2, -0.15) is 0 Å². The third-order valence-corrected chi connectivity index (χ3v) is 6.10. The first-order chi connectivity index (χ1) is 14.1. The molecule has 0 fully saturated rings. The monoisotopic (exact) mass is 402 g/mol. The lowest BCUT2D eigenvalue weighted by Gasteiger charge is -2.32. The first-order valence-electron chi connectivity index (χ1n) is 9.73. The van der Waals surface area contributed by atoms with Gasteiger partial charge in [0.2, 0.25) is 0 Å². The number of para-hydroxylation sites is 2. The van der Waals surface area contributed by atoms with E-state index >= 15 is 0 Å². The lowest BCUT2D eigenvalue weighted by Crippen LogP contribution is -2.33. The molecule has 4 aromatic rings. The van der Waals surface area contributed by atoms with Crippen LogP contribution in [0, 0.1) is 0 Å². The van der Waals surface area contributed by atoms with Crippen LogP contribution in [-0.4, -0.2) is 25.5 Å². The van der Waals surface area contributed by atoms with Crippen LogP contribution in [-0.2, 0) is 23.5 Å². The van der Waals surface area contributed by atoms with E-state index in [9.17, 15) is 0 Å². The molecule has 1 N–H and O–H groups in total. The standard InChI is InChI=1S/C23H22N4OS/c1-23(2)12-19-16(13-28-23)22(27-21(26-19)15-8-4-3-5-9-15)29-14-20-24-17-10-6-7-11-18(17)25-20/h3-11H,12-14H2,1-2H3,(H,24,25). The number of rotatable bonds is 4. The van der Waals surface area contributed by atoms with Crippen molar-refractivity contribution in [2.45, 2.75) is 43.3 Å². The summed E-state index contributed by atoms with van der Waals surface area (Å²) in [6.45, 7) is 4.77. The Morgan fingerprint density at radius 3 is 2.62 bits per heavy atom. The minimum absolute atomic E-state index is 0.212. The van der Waals surface area contributed by atoms with E-state index in [2.05, 4.69) is 31.0 Å². The number of nitrogens with zero attached hydrogens (tertiary/aromatic N) is 3. The predicted molar refractivity (Wildman–Crippen MR) is 116 cm³/mol. The van der Waals surface area contributed by atoms with Crippen LogP contribution < -0.4 is 0 Å². The van der Waals surface area contributed by atoms with Crippen molar-refractivity contribution >= 4 is 22.8 Å². The Morgan fingerprint density at radius 1 is 1.00 bits per heavy atom. The van der Waals surface area contributed by atoms with Crippen LogP contribution in [0.1, 0.15) is 30.9 Å². The molecule has 0 amide bonds. The average Bonchev–Trinajstić information content (AvgIpc) is 3.14. The summed E-state index contributed by atoms with van der Waals surface area (Å²) in [5.41, 5.74) is 5.05. The number of hydrogen-bond donors (Lipinski definition) is 1. The molecule has 5 nitrogen and oxygen atoms in total. The first-order valence-corrected chi connectivity index (χ1v) is 10.7. The van der Waals surface area contributed by atoms with Crippen LogP contribution >= 0.6 is 11.8 Å². The van der Waals surface area contributed by atoms with Crippen LogP contribution in [0.15, 0.2) is 59.6 Å². The number of benzene rings is 2.